The maximum absolute atomic E-state index is 12.2. The molecule has 26 heavy (non-hydrogen) atoms. The van der Waals surface area contributed by atoms with Crippen molar-refractivity contribution >= 4 is 6.09 Å². The van der Waals surface area contributed by atoms with Crippen molar-refractivity contribution in [3.8, 4) is 0 Å². The number of rotatable bonds is 6. The molecule has 0 spiro atoms. The minimum absolute atomic E-state index is 0.0743. The second-order valence-corrected chi connectivity index (χ2v) is 6.88. The average molecular weight is 353 g/mol. The molecular weight excluding hydrogens is 330 g/mol. The van der Waals surface area contributed by atoms with Crippen molar-refractivity contribution in [3.63, 3.8) is 0 Å². The van der Waals surface area contributed by atoms with Gasteiger partial charge in [-0.3, -0.25) is 19.5 Å². The van der Waals surface area contributed by atoms with E-state index in [9.17, 15) is 4.79 Å². The highest BCUT2D eigenvalue weighted by Gasteiger charge is 2.47. The zero-order valence-electron chi connectivity index (χ0n) is 14.9. The Morgan fingerprint density at radius 1 is 1.35 bits per heavy atom. The minimum atomic E-state index is -0.236. The van der Waals surface area contributed by atoms with Gasteiger partial charge in [0.25, 0.3) is 0 Å². The van der Waals surface area contributed by atoms with Crippen LogP contribution in [0.4, 0.5) is 4.79 Å². The van der Waals surface area contributed by atoms with E-state index in [0.29, 0.717) is 13.1 Å². The average Bonchev–Trinajstić information content (AvgIpc) is 3.25. The molecule has 0 saturated carbocycles. The first kappa shape index (κ1) is 16.8. The number of hydrogen-bond acceptors (Lipinski definition) is 5. The molecule has 0 N–H and O–H groups in total. The van der Waals surface area contributed by atoms with E-state index < -0.39 is 0 Å². The van der Waals surface area contributed by atoms with Crippen molar-refractivity contribution in [1.29, 1.82) is 0 Å². The molecule has 2 aliphatic rings. The van der Waals surface area contributed by atoms with E-state index in [1.165, 1.54) is 5.56 Å². The zero-order valence-corrected chi connectivity index (χ0v) is 14.9. The maximum atomic E-state index is 12.2. The normalized spacial score (nSPS) is 22.5. The van der Waals surface area contributed by atoms with E-state index in [4.69, 9.17) is 4.74 Å². The second kappa shape index (κ2) is 6.92. The zero-order chi connectivity index (χ0) is 18.1. The van der Waals surface area contributed by atoms with Crippen LogP contribution in [0.25, 0.3) is 0 Å². The molecule has 1 amide bonds. The van der Waals surface area contributed by atoms with Crippen LogP contribution in [0.1, 0.15) is 17.0 Å². The molecule has 0 aromatic carbocycles. The molecule has 4 rings (SSSR count). The van der Waals surface area contributed by atoms with Gasteiger partial charge in [-0.2, -0.15) is 5.10 Å². The van der Waals surface area contributed by atoms with E-state index in [0.717, 1.165) is 31.0 Å². The molecule has 0 radical (unpaired) electrons. The highest BCUT2D eigenvalue weighted by Crippen LogP contribution is 2.29. The van der Waals surface area contributed by atoms with E-state index in [1.807, 2.05) is 35.9 Å². The third kappa shape index (κ3) is 3.22. The van der Waals surface area contributed by atoms with Crippen molar-refractivity contribution in [3.05, 3.63) is 60.2 Å². The van der Waals surface area contributed by atoms with Crippen molar-refractivity contribution < 1.29 is 9.53 Å². The van der Waals surface area contributed by atoms with Crippen molar-refractivity contribution in [1.82, 2.24) is 24.6 Å². The number of allylic oxidation sites excluding steroid dienone is 1. The second-order valence-electron chi connectivity index (χ2n) is 6.88. The van der Waals surface area contributed by atoms with Gasteiger partial charge in [-0.1, -0.05) is 12.1 Å². The molecule has 7 heteroatoms. The highest BCUT2D eigenvalue weighted by molar-refractivity contribution is 5.71. The van der Waals surface area contributed by atoms with Crippen molar-refractivity contribution in [2.45, 2.75) is 38.7 Å². The molecular formula is C19H23N5O2. The molecule has 4 heterocycles. The lowest BCUT2D eigenvalue weighted by molar-refractivity contribution is 0.119. The Morgan fingerprint density at radius 3 is 3.00 bits per heavy atom. The standard InChI is InChI=1S/C19H23N5O2/c1-3-8-23-10-15(14(2)21-23)9-22-12-17-18(13-22)26-19(25)24(17)11-16-6-4-5-7-20-16/h3-7,10,17-18H,1,8-9,11-13H2,2H3/t17-,18+/m1/s1. The largest absolute Gasteiger partial charge is 0.442 e. The fraction of sp³-hybridized carbons (Fsp3) is 0.421. The van der Waals surface area contributed by atoms with Crippen LogP contribution in [0.15, 0.2) is 43.2 Å². The van der Waals surface area contributed by atoms with Gasteiger partial charge in [-0.25, -0.2) is 4.79 Å². The monoisotopic (exact) mass is 353 g/mol. The van der Waals surface area contributed by atoms with Gasteiger partial charge >= 0.3 is 6.09 Å². The van der Waals surface area contributed by atoms with Crippen LogP contribution in [0.2, 0.25) is 0 Å². The highest BCUT2D eigenvalue weighted by atomic mass is 16.6. The molecule has 2 fully saturated rings. The summed E-state index contributed by atoms with van der Waals surface area (Å²) in [5, 5.41) is 4.51. The quantitative estimate of drug-likeness (QED) is 0.743. The van der Waals surface area contributed by atoms with E-state index in [1.54, 1.807) is 11.1 Å². The van der Waals surface area contributed by atoms with Crippen LogP contribution in [0, 0.1) is 6.92 Å². The van der Waals surface area contributed by atoms with Gasteiger partial charge in [-0.05, 0) is 19.1 Å². The van der Waals surface area contributed by atoms with Gasteiger partial charge in [0.1, 0.15) is 6.10 Å². The molecule has 136 valence electrons. The lowest BCUT2D eigenvalue weighted by Crippen LogP contribution is -2.37. The number of fused-ring (bicyclic) bond motifs is 1. The number of aryl methyl sites for hydroxylation is 1. The summed E-state index contributed by atoms with van der Waals surface area (Å²) in [7, 11) is 0. The van der Waals surface area contributed by atoms with Crippen molar-refractivity contribution in [2.75, 3.05) is 13.1 Å². The predicted octanol–water partition coefficient (Wildman–Crippen LogP) is 1.98. The summed E-state index contributed by atoms with van der Waals surface area (Å²) in [4.78, 5) is 20.7. The van der Waals surface area contributed by atoms with Crippen LogP contribution in [-0.4, -0.2) is 55.9 Å². The van der Waals surface area contributed by atoms with E-state index >= 15 is 0 Å². The van der Waals surface area contributed by atoms with Crippen molar-refractivity contribution in [2.24, 2.45) is 0 Å². The summed E-state index contributed by atoms with van der Waals surface area (Å²) < 4.78 is 7.50. The molecule has 0 unspecified atom stereocenters. The molecule has 7 nitrogen and oxygen atoms in total. The topological polar surface area (TPSA) is 63.5 Å². The van der Waals surface area contributed by atoms with Gasteiger partial charge in [0, 0.05) is 37.6 Å². The summed E-state index contributed by atoms with van der Waals surface area (Å²) in [6.07, 6.45) is 5.35. The summed E-state index contributed by atoms with van der Waals surface area (Å²) >= 11 is 0. The van der Waals surface area contributed by atoms with Crippen LogP contribution >= 0.6 is 0 Å². The summed E-state index contributed by atoms with van der Waals surface area (Å²) in [6.45, 7) is 9.35. The van der Waals surface area contributed by atoms with E-state index in [2.05, 4.69) is 27.8 Å². The molecule has 2 aliphatic heterocycles. The maximum Gasteiger partial charge on any atom is 0.410 e. The molecule has 2 atom stereocenters. The molecule has 2 saturated heterocycles. The number of amides is 1. The first-order valence-corrected chi connectivity index (χ1v) is 8.87. The minimum Gasteiger partial charge on any atom is -0.442 e. The van der Waals surface area contributed by atoms with Gasteiger partial charge in [0.05, 0.1) is 30.5 Å². The fourth-order valence-electron chi connectivity index (χ4n) is 3.74. The summed E-state index contributed by atoms with van der Waals surface area (Å²) in [5.41, 5.74) is 3.12. The Morgan fingerprint density at radius 2 is 2.23 bits per heavy atom. The Bertz CT molecular complexity index is 804. The number of carbonyl (C=O) groups excluding carboxylic acids is 1. The Kier molecular flexibility index (Phi) is 4.46. The Balaban J connectivity index is 1.42. The van der Waals surface area contributed by atoms with Crippen LogP contribution in [-0.2, 0) is 24.4 Å². The molecule has 2 aromatic heterocycles. The number of ether oxygens (including phenoxy) is 1. The Labute approximate surface area is 152 Å². The van der Waals surface area contributed by atoms with Crippen LogP contribution in [0.3, 0.4) is 0 Å². The molecule has 0 aliphatic carbocycles. The first-order valence-electron chi connectivity index (χ1n) is 8.87. The summed E-state index contributed by atoms with van der Waals surface area (Å²) in [6, 6.07) is 5.82. The van der Waals surface area contributed by atoms with Gasteiger partial charge in [-0.15, -0.1) is 6.58 Å². The number of aromatic nitrogens is 3. The number of hydrogen-bond donors (Lipinski definition) is 0. The Hall–Kier alpha value is -2.67. The van der Waals surface area contributed by atoms with Crippen LogP contribution in [0.5, 0.6) is 0 Å². The number of pyridine rings is 1. The van der Waals surface area contributed by atoms with Crippen LogP contribution < -0.4 is 0 Å². The predicted molar refractivity (Wildman–Crippen MR) is 96.3 cm³/mol. The fourth-order valence-corrected chi connectivity index (χ4v) is 3.74. The smallest absolute Gasteiger partial charge is 0.410 e. The third-order valence-electron chi connectivity index (χ3n) is 5.02. The van der Waals surface area contributed by atoms with E-state index in [-0.39, 0.29) is 18.2 Å². The van der Waals surface area contributed by atoms with Gasteiger partial charge in [0.15, 0.2) is 0 Å². The lowest BCUT2D eigenvalue weighted by Gasteiger charge is -2.22. The third-order valence-corrected chi connectivity index (χ3v) is 5.02. The van der Waals surface area contributed by atoms with Gasteiger partial charge in [0.2, 0.25) is 0 Å². The molecule has 0 bridgehead atoms. The number of likely N-dealkylation sites (tertiary alicyclic amines) is 1. The lowest BCUT2D eigenvalue weighted by atomic mass is 10.2. The summed E-state index contributed by atoms with van der Waals surface area (Å²) in [5.74, 6) is 0. The molecule has 2 aromatic rings. The first-order chi connectivity index (χ1) is 12.6. The SMILES string of the molecule is C=CCn1cc(CN2C[C@@H]3OC(=O)N(Cc4ccccn4)[C@@H]3C2)c(C)n1. The number of nitrogens with zero attached hydrogens (tertiary/aromatic N) is 5. The number of carbonyl (C=O) groups is 1. The van der Waals surface area contributed by atoms with Gasteiger partial charge < -0.3 is 4.74 Å².